The van der Waals surface area contributed by atoms with Gasteiger partial charge in [-0.2, -0.15) is 5.11 Å². The smallest absolute Gasteiger partial charge is 0.142 e. The molecule has 0 N–H and O–H groups in total. The summed E-state index contributed by atoms with van der Waals surface area (Å²) in [6.45, 7) is 0. The van der Waals surface area contributed by atoms with E-state index in [0.29, 0.717) is 0 Å². The van der Waals surface area contributed by atoms with E-state index >= 15 is 0 Å². The maximum absolute atomic E-state index is 4.73. The number of hydrogen-bond acceptors (Lipinski definition) is 3. The summed E-state index contributed by atoms with van der Waals surface area (Å²) in [5.74, 6) is 0. The first-order valence-corrected chi connectivity index (χ1v) is 6.57. The summed E-state index contributed by atoms with van der Waals surface area (Å²) >= 11 is 0. The number of rotatable bonds is 3. The minimum atomic E-state index is -0.129. The van der Waals surface area contributed by atoms with Crippen LogP contribution in [-0.2, 0) is 0 Å². The lowest BCUT2D eigenvalue weighted by Gasteiger charge is -2.10. The Bertz CT molecular complexity index is 659. The van der Waals surface area contributed by atoms with Gasteiger partial charge in [0.05, 0.1) is 11.4 Å². The Morgan fingerprint density at radius 2 is 1.65 bits per heavy atom. The van der Waals surface area contributed by atoms with E-state index in [2.05, 4.69) is 28.5 Å². The number of para-hydroxylation sites is 1. The Labute approximate surface area is 118 Å². The normalized spacial score (nSPS) is 17.1. The van der Waals surface area contributed by atoms with E-state index in [1.54, 1.807) is 5.01 Å². The summed E-state index contributed by atoms with van der Waals surface area (Å²) < 4.78 is 0. The highest BCUT2D eigenvalue weighted by Crippen LogP contribution is 2.38. The first-order valence-electron chi connectivity index (χ1n) is 6.57. The van der Waals surface area contributed by atoms with Crippen molar-refractivity contribution in [3.8, 4) is 0 Å². The van der Waals surface area contributed by atoms with Crippen molar-refractivity contribution < 1.29 is 0 Å². The van der Waals surface area contributed by atoms with Crippen LogP contribution in [-0.4, -0.2) is 24.8 Å². The third kappa shape index (κ3) is 2.32. The van der Waals surface area contributed by atoms with Crippen molar-refractivity contribution >= 4 is 11.4 Å². The molecule has 3 rings (SSSR count). The SMILES string of the molecule is CN(C)N=NC1C(c2ccccc2)=Nc2ccccc21. The van der Waals surface area contributed by atoms with E-state index < -0.39 is 0 Å². The Hall–Kier alpha value is -2.49. The van der Waals surface area contributed by atoms with Crippen LogP contribution in [0.3, 0.4) is 0 Å². The third-order valence-corrected chi connectivity index (χ3v) is 3.15. The molecule has 0 aromatic heterocycles. The Balaban J connectivity index is 2.05. The molecule has 0 fully saturated rings. The van der Waals surface area contributed by atoms with Gasteiger partial charge in [-0.05, 0) is 11.6 Å². The fraction of sp³-hybridized carbons (Fsp3) is 0.188. The molecule has 0 amide bonds. The quantitative estimate of drug-likeness (QED) is 0.614. The van der Waals surface area contributed by atoms with Gasteiger partial charge >= 0.3 is 0 Å². The predicted molar refractivity (Wildman–Crippen MR) is 80.4 cm³/mol. The molecule has 1 heterocycles. The summed E-state index contributed by atoms with van der Waals surface area (Å²) in [6.07, 6.45) is 0. The first-order chi connectivity index (χ1) is 9.75. The maximum atomic E-state index is 4.73. The summed E-state index contributed by atoms with van der Waals surface area (Å²) in [4.78, 5) is 4.73. The third-order valence-electron chi connectivity index (χ3n) is 3.15. The van der Waals surface area contributed by atoms with E-state index in [-0.39, 0.29) is 6.04 Å². The second-order valence-electron chi connectivity index (χ2n) is 4.88. The van der Waals surface area contributed by atoms with Crippen LogP contribution in [0.4, 0.5) is 5.69 Å². The summed E-state index contributed by atoms with van der Waals surface area (Å²) in [7, 11) is 3.73. The second-order valence-corrected chi connectivity index (χ2v) is 4.88. The van der Waals surface area contributed by atoms with Gasteiger partial charge in [0.25, 0.3) is 0 Å². The molecule has 100 valence electrons. The van der Waals surface area contributed by atoms with Gasteiger partial charge in [-0.15, -0.1) is 0 Å². The van der Waals surface area contributed by atoms with Crippen molar-refractivity contribution in [1.29, 1.82) is 0 Å². The van der Waals surface area contributed by atoms with Gasteiger partial charge in [0.15, 0.2) is 0 Å². The average Bonchev–Trinajstić information content (AvgIpc) is 2.84. The molecule has 20 heavy (non-hydrogen) atoms. The standard InChI is InChI=1S/C16H16N4/c1-20(2)19-18-16-13-10-6-7-11-14(13)17-15(16)12-8-4-3-5-9-12/h3-11,16H,1-2H3. The van der Waals surface area contributed by atoms with Crippen molar-refractivity contribution in [2.75, 3.05) is 14.1 Å². The van der Waals surface area contributed by atoms with Crippen LogP contribution in [0.15, 0.2) is 69.9 Å². The zero-order valence-electron chi connectivity index (χ0n) is 11.6. The van der Waals surface area contributed by atoms with Crippen LogP contribution in [0.5, 0.6) is 0 Å². The van der Waals surface area contributed by atoms with Gasteiger partial charge in [-0.3, -0.25) is 5.01 Å². The van der Waals surface area contributed by atoms with Gasteiger partial charge in [0, 0.05) is 19.7 Å². The molecule has 0 aliphatic carbocycles. The number of hydrogen-bond donors (Lipinski definition) is 0. The molecule has 0 saturated carbocycles. The second kappa shape index (κ2) is 5.25. The molecule has 0 spiro atoms. The van der Waals surface area contributed by atoms with Gasteiger partial charge in [-0.1, -0.05) is 53.8 Å². The van der Waals surface area contributed by atoms with Gasteiger partial charge in [0.2, 0.25) is 0 Å². The molecular formula is C16H16N4. The Morgan fingerprint density at radius 1 is 0.950 bits per heavy atom. The lowest BCUT2D eigenvalue weighted by atomic mass is 10.00. The van der Waals surface area contributed by atoms with Gasteiger partial charge in [0.1, 0.15) is 6.04 Å². The summed E-state index contributed by atoms with van der Waals surface area (Å²) in [6, 6.07) is 18.1. The summed E-state index contributed by atoms with van der Waals surface area (Å²) in [5, 5.41) is 10.3. The molecule has 4 heteroatoms. The zero-order chi connectivity index (χ0) is 13.9. The minimum absolute atomic E-state index is 0.129. The molecule has 1 unspecified atom stereocenters. The Kier molecular flexibility index (Phi) is 3.29. The van der Waals surface area contributed by atoms with Crippen molar-refractivity contribution in [2.24, 2.45) is 15.3 Å². The van der Waals surface area contributed by atoms with Crippen LogP contribution in [0, 0.1) is 0 Å². The highest BCUT2D eigenvalue weighted by atomic mass is 15.5. The van der Waals surface area contributed by atoms with Gasteiger partial charge in [-0.25, -0.2) is 4.99 Å². The van der Waals surface area contributed by atoms with Gasteiger partial charge < -0.3 is 0 Å². The maximum Gasteiger partial charge on any atom is 0.142 e. The van der Waals surface area contributed by atoms with Crippen molar-refractivity contribution in [2.45, 2.75) is 6.04 Å². The molecule has 2 aromatic rings. The van der Waals surface area contributed by atoms with Crippen LogP contribution < -0.4 is 0 Å². The van der Waals surface area contributed by atoms with Crippen molar-refractivity contribution in [3.63, 3.8) is 0 Å². The predicted octanol–water partition coefficient (Wildman–Crippen LogP) is 3.79. The molecule has 1 aliphatic heterocycles. The number of nitrogens with zero attached hydrogens (tertiary/aromatic N) is 4. The monoisotopic (exact) mass is 264 g/mol. The van der Waals surface area contributed by atoms with Crippen LogP contribution >= 0.6 is 0 Å². The summed E-state index contributed by atoms with van der Waals surface area (Å²) in [5.41, 5.74) is 4.13. The first kappa shape index (κ1) is 12.5. The molecule has 1 aliphatic rings. The lowest BCUT2D eigenvalue weighted by Crippen LogP contribution is -2.09. The number of fused-ring (bicyclic) bond motifs is 1. The highest BCUT2D eigenvalue weighted by molar-refractivity contribution is 6.09. The van der Waals surface area contributed by atoms with E-state index in [0.717, 1.165) is 22.5 Å². The van der Waals surface area contributed by atoms with E-state index in [4.69, 9.17) is 4.99 Å². The topological polar surface area (TPSA) is 40.3 Å². The largest absolute Gasteiger partial charge is 0.285 e. The highest BCUT2D eigenvalue weighted by Gasteiger charge is 2.28. The Morgan fingerprint density at radius 3 is 2.40 bits per heavy atom. The van der Waals surface area contributed by atoms with Crippen LogP contribution in [0.1, 0.15) is 17.2 Å². The van der Waals surface area contributed by atoms with Crippen LogP contribution in [0.2, 0.25) is 0 Å². The molecule has 1 atom stereocenters. The molecular weight excluding hydrogens is 248 g/mol. The molecule has 0 radical (unpaired) electrons. The van der Waals surface area contributed by atoms with Crippen molar-refractivity contribution in [1.82, 2.24) is 5.01 Å². The van der Waals surface area contributed by atoms with E-state index in [1.165, 1.54) is 0 Å². The number of benzene rings is 2. The zero-order valence-corrected chi connectivity index (χ0v) is 11.6. The van der Waals surface area contributed by atoms with Crippen LogP contribution in [0.25, 0.3) is 0 Å². The van der Waals surface area contributed by atoms with E-state index in [1.807, 2.05) is 50.5 Å². The molecule has 0 saturated heterocycles. The molecule has 0 bridgehead atoms. The fourth-order valence-electron chi connectivity index (χ4n) is 2.26. The van der Waals surface area contributed by atoms with E-state index in [9.17, 15) is 0 Å². The van der Waals surface area contributed by atoms with Crippen molar-refractivity contribution in [3.05, 3.63) is 65.7 Å². The molecule has 2 aromatic carbocycles. The number of aliphatic imine (C=N–C) groups is 1. The fourth-order valence-corrected chi connectivity index (χ4v) is 2.26. The molecule has 4 nitrogen and oxygen atoms in total. The minimum Gasteiger partial charge on any atom is -0.285 e. The lowest BCUT2D eigenvalue weighted by molar-refractivity contribution is 0.395. The average molecular weight is 264 g/mol.